The van der Waals surface area contributed by atoms with Gasteiger partial charge in [-0.3, -0.25) is 4.79 Å². The van der Waals surface area contributed by atoms with Crippen LogP contribution in [0.2, 0.25) is 0 Å². The third-order valence-electron chi connectivity index (χ3n) is 2.32. The van der Waals surface area contributed by atoms with E-state index >= 15 is 0 Å². The van der Waals surface area contributed by atoms with Crippen molar-refractivity contribution in [2.24, 2.45) is 0 Å². The summed E-state index contributed by atoms with van der Waals surface area (Å²) in [6.07, 6.45) is 1.46. The van der Waals surface area contributed by atoms with Gasteiger partial charge in [-0.15, -0.1) is 0 Å². The number of methoxy groups -OCH3 is 1. The lowest BCUT2D eigenvalue weighted by Crippen LogP contribution is -2.34. The highest BCUT2D eigenvalue weighted by Crippen LogP contribution is 2.06. The summed E-state index contributed by atoms with van der Waals surface area (Å²) in [4.78, 5) is 16.9. The van der Waals surface area contributed by atoms with Crippen LogP contribution in [-0.4, -0.2) is 42.6 Å². The van der Waals surface area contributed by atoms with Gasteiger partial charge < -0.3 is 9.64 Å². The van der Waals surface area contributed by atoms with Gasteiger partial charge in [0.05, 0.1) is 19.1 Å². The molecule has 0 atom stereocenters. The van der Waals surface area contributed by atoms with Crippen molar-refractivity contribution in [3.8, 4) is 6.07 Å². The molecule has 18 heavy (non-hydrogen) atoms. The Kier molecular flexibility index (Phi) is 5.74. The second-order valence-electron chi connectivity index (χ2n) is 3.56. The quantitative estimate of drug-likeness (QED) is 0.713. The molecule has 0 fully saturated rings. The fourth-order valence-corrected chi connectivity index (χ4v) is 1.42. The highest BCUT2D eigenvalue weighted by atomic mass is 19.1. The standard InChI is InChI=1S/C12H14FN3O2/c1-18-8-7-16(6-2-4-14)12(17)10-3-5-15-11(13)9-10/h3,5,9H,2,6-8H2,1H3. The van der Waals surface area contributed by atoms with Gasteiger partial charge >= 0.3 is 0 Å². The number of carbonyl (C=O) groups excluding carboxylic acids is 1. The molecule has 0 aromatic carbocycles. The summed E-state index contributed by atoms with van der Waals surface area (Å²) < 4.78 is 17.8. The van der Waals surface area contributed by atoms with Crippen molar-refractivity contribution in [2.75, 3.05) is 26.8 Å². The summed E-state index contributed by atoms with van der Waals surface area (Å²) in [7, 11) is 1.53. The molecule has 0 aliphatic heterocycles. The molecule has 0 radical (unpaired) electrons. The summed E-state index contributed by atoms with van der Waals surface area (Å²) in [6.45, 7) is 1.02. The van der Waals surface area contributed by atoms with E-state index in [1.54, 1.807) is 0 Å². The highest BCUT2D eigenvalue weighted by molar-refractivity contribution is 5.94. The van der Waals surface area contributed by atoms with Crippen LogP contribution in [0.25, 0.3) is 0 Å². The number of hydrogen-bond acceptors (Lipinski definition) is 4. The highest BCUT2D eigenvalue weighted by Gasteiger charge is 2.15. The number of nitriles is 1. The van der Waals surface area contributed by atoms with Gasteiger partial charge in [0.2, 0.25) is 5.95 Å². The van der Waals surface area contributed by atoms with Gasteiger partial charge in [-0.1, -0.05) is 0 Å². The number of amides is 1. The van der Waals surface area contributed by atoms with Gasteiger partial charge in [0, 0.05) is 38.0 Å². The molecule has 0 saturated carbocycles. The third-order valence-corrected chi connectivity index (χ3v) is 2.32. The van der Waals surface area contributed by atoms with E-state index in [2.05, 4.69) is 4.98 Å². The maximum atomic E-state index is 12.9. The molecular formula is C12H14FN3O2. The lowest BCUT2D eigenvalue weighted by atomic mass is 10.2. The largest absolute Gasteiger partial charge is 0.383 e. The molecule has 0 unspecified atom stereocenters. The van der Waals surface area contributed by atoms with Crippen molar-refractivity contribution in [3.05, 3.63) is 29.8 Å². The van der Waals surface area contributed by atoms with Crippen molar-refractivity contribution >= 4 is 5.91 Å². The second kappa shape index (κ2) is 7.35. The fraction of sp³-hybridized carbons (Fsp3) is 0.417. The molecule has 1 amide bonds. The van der Waals surface area contributed by atoms with Crippen LogP contribution in [0.15, 0.2) is 18.3 Å². The Labute approximate surface area is 105 Å². The molecule has 0 saturated heterocycles. The molecular weight excluding hydrogens is 237 g/mol. The Morgan fingerprint density at radius 3 is 3.00 bits per heavy atom. The lowest BCUT2D eigenvalue weighted by molar-refractivity contribution is 0.0699. The van der Waals surface area contributed by atoms with Crippen molar-refractivity contribution in [1.29, 1.82) is 5.26 Å². The smallest absolute Gasteiger partial charge is 0.254 e. The molecule has 1 aromatic heterocycles. The molecule has 1 rings (SSSR count). The maximum absolute atomic E-state index is 12.9. The predicted octanol–water partition coefficient (Wildman–Crippen LogP) is 1.22. The molecule has 0 bridgehead atoms. The van der Waals surface area contributed by atoms with Crippen LogP contribution in [0.4, 0.5) is 4.39 Å². The maximum Gasteiger partial charge on any atom is 0.254 e. The molecule has 5 nitrogen and oxygen atoms in total. The third kappa shape index (κ3) is 4.11. The van der Waals surface area contributed by atoms with Crippen molar-refractivity contribution in [3.63, 3.8) is 0 Å². The van der Waals surface area contributed by atoms with Crippen LogP contribution >= 0.6 is 0 Å². The molecule has 0 aliphatic carbocycles. The van der Waals surface area contributed by atoms with Gasteiger partial charge in [-0.25, -0.2) is 4.98 Å². The van der Waals surface area contributed by atoms with E-state index in [0.29, 0.717) is 19.7 Å². The van der Waals surface area contributed by atoms with E-state index < -0.39 is 5.95 Å². The minimum atomic E-state index is -0.701. The molecule has 6 heteroatoms. The summed E-state index contributed by atoms with van der Waals surface area (Å²) in [5.41, 5.74) is 0.219. The average Bonchev–Trinajstić information content (AvgIpc) is 2.38. The molecule has 0 spiro atoms. The lowest BCUT2D eigenvalue weighted by Gasteiger charge is -2.21. The van der Waals surface area contributed by atoms with E-state index in [-0.39, 0.29) is 17.9 Å². The van der Waals surface area contributed by atoms with Crippen molar-refractivity contribution in [1.82, 2.24) is 9.88 Å². The van der Waals surface area contributed by atoms with Crippen LogP contribution in [0.1, 0.15) is 16.8 Å². The van der Waals surface area contributed by atoms with E-state index in [1.807, 2.05) is 6.07 Å². The fourth-order valence-electron chi connectivity index (χ4n) is 1.42. The minimum absolute atomic E-state index is 0.219. The van der Waals surface area contributed by atoms with Gasteiger partial charge in [0.1, 0.15) is 0 Å². The summed E-state index contributed by atoms with van der Waals surface area (Å²) in [5.74, 6) is -1.03. The number of hydrogen-bond donors (Lipinski definition) is 0. The first-order valence-electron chi connectivity index (χ1n) is 5.45. The van der Waals surface area contributed by atoms with E-state index in [9.17, 15) is 9.18 Å². The first kappa shape index (κ1) is 14.1. The van der Waals surface area contributed by atoms with Gasteiger partial charge in [-0.05, 0) is 6.07 Å². The number of rotatable bonds is 6. The zero-order valence-corrected chi connectivity index (χ0v) is 10.1. The molecule has 0 aliphatic rings. The van der Waals surface area contributed by atoms with E-state index in [4.69, 9.17) is 10.00 Å². The Morgan fingerprint density at radius 2 is 2.39 bits per heavy atom. The summed E-state index contributed by atoms with van der Waals surface area (Å²) in [5, 5.41) is 8.55. The molecule has 96 valence electrons. The van der Waals surface area contributed by atoms with Gasteiger partial charge in [0.25, 0.3) is 5.91 Å². The first-order valence-corrected chi connectivity index (χ1v) is 5.45. The zero-order chi connectivity index (χ0) is 13.4. The van der Waals surface area contributed by atoms with Crippen LogP contribution in [-0.2, 0) is 4.74 Å². The molecule has 1 aromatic rings. The SMILES string of the molecule is COCCN(CCC#N)C(=O)c1ccnc(F)c1. The first-order chi connectivity index (χ1) is 8.69. The Hall–Kier alpha value is -2.00. The minimum Gasteiger partial charge on any atom is -0.383 e. The van der Waals surface area contributed by atoms with E-state index in [0.717, 1.165) is 6.07 Å². The molecule has 1 heterocycles. The number of pyridine rings is 1. The van der Waals surface area contributed by atoms with Crippen LogP contribution in [0.5, 0.6) is 0 Å². The van der Waals surface area contributed by atoms with Gasteiger partial charge in [-0.2, -0.15) is 9.65 Å². The predicted molar refractivity (Wildman–Crippen MR) is 62.2 cm³/mol. The summed E-state index contributed by atoms with van der Waals surface area (Å²) in [6, 6.07) is 4.49. The number of carbonyl (C=O) groups is 1. The van der Waals surface area contributed by atoms with Crippen LogP contribution in [0.3, 0.4) is 0 Å². The van der Waals surface area contributed by atoms with Crippen LogP contribution in [0, 0.1) is 17.3 Å². The monoisotopic (exact) mass is 251 g/mol. The number of nitrogens with zero attached hydrogens (tertiary/aromatic N) is 3. The Balaban J connectivity index is 2.77. The second-order valence-corrected chi connectivity index (χ2v) is 3.56. The topological polar surface area (TPSA) is 66.2 Å². The molecule has 0 N–H and O–H groups in total. The number of halogens is 1. The normalized spacial score (nSPS) is 9.83. The Morgan fingerprint density at radius 1 is 1.61 bits per heavy atom. The zero-order valence-electron chi connectivity index (χ0n) is 10.1. The number of aromatic nitrogens is 1. The number of ether oxygens (including phenoxy) is 1. The Bertz CT molecular complexity index is 445. The van der Waals surface area contributed by atoms with Crippen LogP contribution < -0.4 is 0 Å². The van der Waals surface area contributed by atoms with Gasteiger partial charge in [0.15, 0.2) is 0 Å². The average molecular weight is 251 g/mol. The summed E-state index contributed by atoms with van der Waals surface area (Å²) >= 11 is 0. The van der Waals surface area contributed by atoms with Crippen molar-refractivity contribution in [2.45, 2.75) is 6.42 Å². The van der Waals surface area contributed by atoms with E-state index in [1.165, 1.54) is 24.3 Å². The van der Waals surface area contributed by atoms with Crippen molar-refractivity contribution < 1.29 is 13.9 Å².